The van der Waals surface area contributed by atoms with E-state index < -0.39 is 11.9 Å². The Kier molecular flexibility index (Phi) is 6.91. The van der Waals surface area contributed by atoms with Gasteiger partial charge in [0.1, 0.15) is 11.9 Å². The first-order chi connectivity index (χ1) is 16.4. The first-order valence-corrected chi connectivity index (χ1v) is 11.6. The lowest BCUT2D eigenvalue weighted by molar-refractivity contribution is -0.140. The molecule has 3 aromatic rings. The van der Waals surface area contributed by atoms with Crippen LogP contribution in [0, 0.1) is 5.82 Å². The fourth-order valence-corrected chi connectivity index (χ4v) is 4.45. The van der Waals surface area contributed by atoms with Crippen LogP contribution < -0.4 is 10.2 Å². The van der Waals surface area contributed by atoms with Gasteiger partial charge in [-0.3, -0.25) is 14.4 Å². The highest BCUT2D eigenvalue weighted by atomic mass is 19.1. The minimum atomic E-state index is -0.751. The molecule has 0 saturated carbocycles. The summed E-state index contributed by atoms with van der Waals surface area (Å²) in [6.07, 6.45) is 0.555. The largest absolute Gasteiger partial charge is 0.355 e. The zero-order chi connectivity index (χ0) is 24.2. The summed E-state index contributed by atoms with van der Waals surface area (Å²) in [6.45, 7) is 4.26. The molecule has 1 atom stereocenters. The molecule has 34 heavy (non-hydrogen) atoms. The fraction of sp³-hybridized carbons (Fsp3) is 0.296. The molecule has 0 aromatic heterocycles. The number of nitrogens with one attached hydrogen (secondary N) is 1. The third-order valence-electron chi connectivity index (χ3n) is 6.24. The number of anilines is 1. The number of carbonyl (C=O) groups excluding carboxylic acids is 3. The summed E-state index contributed by atoms with van der Waals surface area (Å²) in [6, 6.07) is 17.0. The van der Waals surface area contributed by atoms with Gasteiger partial charge in [-0.1, -0.05) is 42.5 Å². The average molecular weight is 462 g/mol. The molecule has 7 heteroatoms. The quantitative estimate of drug-likeness (QED) is 0.517. The van der Waals surface area contributed by atoms with Crippen molar-refractivity contribution in [1.29, 1.82) is 0 Å². The second-order valence-corrected chi connectivity index (χ2v) is 8.42. The molecule has 3 amide bonds. The van der Waals surface area contributed by atoms with Crippen LogP contribution in [0.25, 0.3) is 10.8 Å². The van der Waals surface area contributed by atoms with Gasteiger partial charge in [-0.2, -0.15) is 0 Å². The molecule has 1 N–H and O–H groups in total. The molecule has 3 aromatic carbocycles. The SMILES string of the molecule is CCNC(=O)[C@@H](C)N(Cc1ccccc1F)C(=O)CCCN1C(=O)c2cccc3cccc1c23. The number of nitrogens with zero attached hydrogens (tertiary/aromatic N) is 2. The summed E-state index contributed by atoms with van der Waals surface area (Å²) >= 11 is 0. The molecule has 6 nitrogen and oxygen atoms in total. The molecule has 0 bridgehead atoms. The number of likely N-dealkylation sites (N-methyl/N-ethyl adjacent to an activating group) is 1. The number of benzene rings is 3. The summed E-state index contributed by atoms with van der Waals surface area (Å²) in [5.74, 6) is -1.04. The molecule has 1 aliphatic heterocycles. The van der Waals surface area contributed by atoms with Crippen molar-refractivity contribution in [3.8, 4) is 0 Å². The van der Waals surface area contributed by atoms with Crippen molar-refractivity contribution in [2.45, 2.75) is 39.3 Å². The maximum atomic E-state index is 14.3. The van der Waals surface area contributed by atoms with E-state index in [1.54, 1.807) is 36.9 Å². The topological polar surface area (TPSA) is 69.7 Å². The lowest BCUT2D eigenvalue weighted by Gasteiger charge is -2.29. The molecule has 1 heterocycles. The van der Waals surface area contributed by atoms with E-state index in [-0.39, 0.29) is 30.7 Å². The molecule has 0 unspecified atom stereocenters. The Balaban J connectivity index is 1.47. The minimum Gasteiger partial charge on any atom is -0.355 e. The van der Waals surface area contributed by atoms with Crippen LogP contribution in [0.4, 0.5) is 10.1 Å². The fourth-order valence-electron chi connectivity index (χ4n) is 4.45. The Bertz CT molecular complexity index is 1240. The van der Waals surface area contributed by atoms with Crippen molar-refractivity contribution >= 4 is 34.2 Å². The molecule has 0 radical (unpaired) electrons. The Labute approximate surface area is 198 Å². The van der Waals surface area contributed by atoms with Crippen molar-refractivity contribution in [3.63, 3.8) is 0 Å². The van der Waals surface area contributed by atoms with Crippen LogP contribution in [0.3, 0.4) is 0 Å². The minimum absolute atomic E-state index is 0.00278. The Morgan fingerprint density at radius 2 is 1.79 bits per heavy atom. The molecule has 0 fully saturated rings. The predicted molar refractivity (Wildman–Crippen MR) is 130 cm³/mol. The van der Waals surface area contributed by atoms with Crippen LogP contribution in [-0.4, -0.2) is 41.8 Å². The van der Waals surface area contributed by atoms with E-state index in [1.807, 2.05) is 36.4 Å². The highest BCUT2D eigenvalue weighted by molar-refractivity contribution is 6.25. The van der Waals surface area contributed by atoms with Gasteiger partial charge < -0.3 is 15.1 Å². The monoisotopic (exact) mass is 461 g/mol. The second kappa shape index (κ2) is 10.0. The number of rotatable bonds is 9. The number of halogens is 1. The van der Waals surface area contributed by atoms with Gasteiger partial charge >= 0.3 is 0 Å². The van der Waals surface area contributed by atoms with Crippen molar-refractivity contribution in [1.82, 2.24) is 10.2 Å². The summed E-state index contributed by atoms with van der Waals surface area (Å²) < 4.78 is 14.3. The highest BCUT2D eigenvalue weighted by Gasteiger charge is 2.30. The number of hydrogen-bond acceptors (Lipinski definition) is 3. The van der Waals surface area contributed by atoms with Gasteiger partial charge in [-0.05, 0) is 43.9 Å². The zero-order valence-electron chi connectivity index (χ0n) is 19.4. The van der Waals surface area contributed by atoms with Crippen LogP contribution in [0.5, 0.6) is 0 Å². The Morgan fingerprint density at radius 1 is 1.06 bits per heavy atom. The standard InChI is InChI=1S/C27H28FN3O3/c1-3-29-26(33)18(2)31(17-20-9-4-5-13-22(20)28)24(32)15-8-16-30-23-14-7-11-19-10-6-12-21(25(19)23)27(30)34/h4-7,9-14,18H,3,8,15-17H2,1-2H3,(H,29,33)/t18-/m1/s1. The molecular weight excluding hydrogens is 433 g/mol. The van der Waals surface area contributed by atoms with E-state index in [2.05, 4.69) is 5.32 Å². The molecule has 0 aliphatic carbocycles. The van der Waals surface area contributed by atoms with Gasteiger partial charge in [0.25, 0.3) is 5.91 Å². The number of amides is 3. The van der Waals surface area contributed by atoms with Crippen LogP contribution in [0.2, 0.25) is 0 Å². The summed E-state index contributed by atoms with van der Waals surface area (Å²) in [7, 11) is 0. The van der Waals surface area contributed by atoms with E-state index in [4.69, 9.17) is 0 Å². The lowest BCUT2D eigenvalue weighted by atomic mass is 10.1. The van der Waals surface area contributed by atoms with Gasteiger partial charge in [-0.25, -0.2) is 4.39 Å². The Hall–Kier alpha value is -3.74. The van der Waals surface area contributed by atoms with Crippen molar-refractivity contribution < 1.29 is 18.8 Å². The summed E-state index contributed by atoms with van der Waals surface area (Å²) in [4.78, 5) is 41.7. The third-order valence-corrected chi connectivity index (χ3v) is 6.24. The average Bonchev–Trinajstić information content (AvgIpc) is 3.11. The first kappa shape index (κ1) is 23.4. The van der Waals surface area contributed by atoms with Crippen LogP contribution in [0.15, 0.2) is 60.7 Å². The molecule has 176 valence electrons. The van der Waals surface area contributed by atoms with Crippen LogP contribution >= 0.6 is 0 Å². The Morgan fingerprint density at radius 3 is 2.53 bits per heavy atom. The summed E-state index contributed by atoms with van der Waals surface area (Å²) in [5, 5.41) is 4.68. The van der Waals surface area contributed by atoms with Gasteiger partial charge in [0.05, 0.1) is 5.69 Å². The van der Waals surface area contributed by atoms with Crippen LogP contribution in [0.1, 0.15) is 42.6 Å². The zero-order valence-corrected chi connectivity index (χ0v) is 19.4. The molecular formula is C27H28FN3O3. The normalized spacial score (nSPS) is 13.3. The maximum absolute atomic E-state index is 14.3. The number of carbonyl (C=O) groups is 3. The van der Waals surface area contributed by atoms with Crippen molar-refractivity contribution in [2.75, 3.05) is 18.0 Å². The number of hydrogen-bond donors (Lipinski definition) is 1. The molecule has 4 rings (SSSR count). The van der Waals surface area contributed by atoms with Crippen molar-refractivity contribution in [2.24, 2.45) is 0 Å². The van der Waals surface area contributed by atoms with Gasteiger partial charge in [0.15, 0.2) is 0 Å². The van der Waals surface area contributed by atoms with Gasteiger partial charge in [0, 0.05) is 42.6 Å². The molecule has 0 spiro atoms. The van der Waals surface area contributed by atoms with Gasteiger partial charge in [0.2, 0.25) is 11.8 Å². The van der Waals surface area contributed by atoms with E-state index in [0.29, 0.717) is 30.6 Å². The maximum Gasteiger partial charge on any atom is 0.258 e. The second-order valence-electron chi connectivity index (χ2n) is 8.42. The van der Waals surface area contributed by atoms with E-state index in [1.165, 1.54) is 11.0 Å². The summed E-state index contributed by atoms with van der Waals surface area (Å²) in [5.41, 5.74) is 1.87. The van der Waals surface area contributed by atoms with Crippen LogP contribution in [-0.2, 0) is 16.1 Å². The predicted octanol–water partition coefficient (Wildman–Crippen LogP) is 4.27. The smallest absolute Gasteiger partial charge is 0.258 e. The van der Waals surface area contributed by atoms with E-state index in [0.717, 1.165) is 16.5 Å². The highest BCUT2D eigenvalue weighted by Crippen LogP contribution is 2.37. The van der Waals surface area contributed by atoms with Crippen molar-refractivity contribution in [3.05, 3.63) is 77.6 Å². The first-order valence-electron chi connectivity index (χ1n) is 11.6. The van der Waals surface area contributed by atoms with Gasteiger partial charge in [-0.15, -0.1) is 0 Å². The van der Waals surface area contributed by atoms with E-state index >= 15 is 0 Å². The van der Waals surface area contributed by atoms with E-state index in [9.17, 15) is 18.8 Å². The lowest BCUT2D eigenvalue weighted by Crippen LogP contribution is -2.47. The molecule has 0 saturated heterocycles. The molecule has 1 aliphatic rings. The third kappa shape index (κ3) is 4.51.